The second-order valence-corrected chi connectivity index (χ2v) is 6.65. The predicted octanol–water partition coefficient (Wildman–Crippen LogP) is 1.74. The van der Waals surface area contributed by atoms with Crippen LogP contribution in [0, 0.1) is 11.8 Å². The fourth-order valence-electron chi connectivity index (χ4n) is 3.62. The molecule has 1 saturated carbocycles. The number of nitrogens with zero attached hydrogens (tertiary/aromatic N) is 1. The maximum atomic E-state index is 12.0. The number of amides is 1. The third-order valence-electron chi connectivity index (χ3n) is 5.00. The van der Waals surface area contributed by atoms with Gasteiger partial charge in [0, 0.05) is 19.0 Å². The molecule has 1 saturated heterocycles. The van der Waals surface area contributed by atoms with Gasteiger partial charge in [-0.2, -0.15) is 0 Å². The second kappa shape index (κ2) is 7.99. The average Bonchev–Trinajstić information content (AvgIpc) is 2.84. The SMILES string of the molecule is CCCN1CCC(CNC(=O)C[C@@H]2CCC[C@H]2N)CC1. The highest BCUT2D eigenvalue weighted by molar-refractivity contribution is 5.76. The fourth-order valence-corrected chi connectivity index (χ4v) is 3.62. The van der Waals surface area contributed by atoms with Crippen LogP contribution in [0.2, 0.25) is 0 Å². The van der Waals surface area contributed by atoms with Crippen LogP contribution >= 0.6 is 0 Å². The number of nitrogens with two attached hydrogens (primary N) is 1. The maximum Gasteiger partial charge on any atom is 0.220 e. The summed E-state index contributed by atoms with van der Waals surface area (Å²) in [7, 11) is 0. The van der Waals surface area contributed by atoms with E-state index in [1.165, 1.54) is 45.3 Å². The Balaban J connectivity index is 1.59. The van der Waals surface area contributed by atoms with Crippen molar-refractivity contribution in [2.45, 2.75) is 57.9 Å². The summed E-state index contributed by atoms with van der Waals surface area (Å²) in [6.07, 6.45) is 7.73. The van der Waals surface area contributed by atoms with Gasteiger partial charge in [-0.15, -0.1) is 0 Å². The van der Waals surface area contributed by atoms with Crippen LogP contribution < -0.4 is 11.1 Å². The molecule has 1 amide bonds. The Labute approximate surface area is 123 Å². The number of likely N-dealkylation sites (tertiary alicyclic amines) is 1. The average molecular weight is 281 g/mol. The molecule has 0 aromatic heterocycles. The minimum Gasteiger partial charge on any atom is -0.356 e. The van der Waals surface area contributed by atoms with Crippen molar-refractivity contribution < 1.29 is 4.79 Å². The van der Waals surface area contributed by atoms with Gasteiger partial charge in [0.2, 0.25) is 5.91 Å². The van der Waals surface area contributed by atoms with Crippen molar-refractivity contribution >= 4 is 5.91 Å². The summed E-state index contributed by atoms with van der Waals surface area (Å²) in [5.74, 6) is 1.30. The van der Waals surface area contributed by atoms with Crippen molar-refractivity contribution in [3.63, 3.8) is 0 Å². The van der Waals surface area contributed by atoms with Crippen LogP contribution in [-0.4, -0.2) is 43.0 Å². The van der Waals surface area contributed by atoms with E-state index in [-0.39, 0.29) is 11.9 Å². The first kappa shape index (κ1) is 15.8. The van der Waals surface area contributed by atoms with E-state index in [1.807, 2.05) is 0 Å². The zero-order valence-electron chi connectivity index (χ0n) is 12.9. The standard InChI is InChI=1S/C16H31N3O/c1-2-8-19-9-6-13(7-10-19)12-18-16(20)11-14-4-3-5-15(14)17/h13-15H,2-12,17H2,1H3,(H,18,20)/t14-,15+/m0/s1. The Morgan fingerprint density at radius 3 is 2.60 bits per heavy atom. The molecule has 1 heterocycles. The lowest BCUT2D eigenvalue weighted by Crippen LogP contribution is -2.39. The van der Waals surface area contributed by atoms with Crippen LogP contribution in [0.15, 0.2) is 0 Å². The molecule has 2 rings (SSSR count). The summed E-state index contributed by atoms with van der Waals surface area (Å²) < 4.78 is 0. The van der Waals surface area contributed by atoms with Crippen molar-refractivity contribution in [1.29, 1.82) is 0 Å². The van der Waals surface area contributed by atoms with Crippen LogP contribution in [0.1, 0.15) is 51.9 Å². The van der Waals surface area contributed by atoms with Crippen LogP contribution in [0.5, 0.6) is 0 Å². The van der Waals surface area contributed by atoms with Crippen molar-refractivity contribution in [3.8, 4) is 0 Å². The molecule has 0 aromatic carbocycles. The van der Waals surface area contributed by atoms with Crippen LogP contribution in [-0.2, 0) is 4.79 Å². The predicted molar refractivity (Wildman–Crippen MR) is 82.4 cm³/mol. The molecule has 1 aliphatic heterocycles. The lowest BCUT2D eigenvalue weighted by atomic mass is 9.96. The summed E-state index contributed by atoms with van der Waals surface area (Å²) in [5, 5.41) is 3.13. The molecule has 0 radical (unpaired) electrons. The number of hydrogen-bond acceptors (Lipinski definition) is 3. The zero-order chi connectivity index (χ0) is 14.4. The number of nitrogens with one attached hydrogen (secondary N) is 1. The minimum atomic E-state index is 0.211. The monoisotopic (exact) mass is 281 g/mol. The number of rotatable bonds is 6. The molecule has 2 atom stereocenters. The highest BCUT2D eigenvalue weighted by Gasteiger charge is 2.26. The molecule has 2 fully saturated rings. The Morgan fingerprint density at radius 1 is 1.25 bits per heavy atom. The second-order valence-electron chi connectivity index (χ2n) is 6.65. The normalized spacial score (nSPS) is 28.7. The van der Waals surface area contributed by atoms with Gasteiger partial charge in [-0.25, -0.2) is 0 Å². The zero-order valence-corrected chi connectivity index (χ0v) is 12.9. The van der Waals surface area contributed by atoms with Gasteiger partial charge in [0.25, 0.3) is 0 Å². The quantitative estimate of drug-likeness (QED) is 0.780. The highest BCUT2D eigenvalue weighted by Crippen LogP contribution is 2.26. The summed E-state index contributed by atoms with van der Waals surface area (Å²) in [6, 6.07) is 0.248. The van der Waals surface area contributed by atoms with Gasteiger partial charge in [0.1, 0.15) is 0 Å². The van der Waals surface area contributed by atoms with Crippen LogP contribution in [0.4, 0.5) is 0 Å². The maximum absolute atomic E-state index is 12.0. The van der Waals surface area contributed by atoms with E-state index in [1.54, 1.807) is 0 Å². The number of hydrogen-bond donors (Lipinski definition) is 2. The molecule has 20 heavy (non-hydrogen) atoms. The van der Waals surface area contributed by atoms with Crippen molar-refractivity contribution in [1.82, 2.24) is 10.2 Å². The molecule has 3 N–H and O–H groups in total. The summed E-state index contributed by atoms with van der Waals surface area (Å²) in [6.45, 7) is 6.71. The van der Waals surface area contributed by atoms with E-state index < -0.39 is 0 Å². The first-order valence-electron chi connectivity index (χ1n) is 8.43. The summed E-state index contributed by atoms with van der Waals surface area (Å²) >= 11 is 0. The van der Waals surface area contributed by atoms with E-state index in [4.69, 9.17) is 5.73 Å². The fraction of sp³-hybridized carbons (Fsp3) is 0.938. The molecular formula is C16H31N3O. The van der Waals surface area contributed by atoms with Crippen molar-refractivity contribution in [2.75, 3.05) is 26.2 Å². The van der Waals surface area contributed by atoms with Crippen molar-refractivity contribution in [3.05, 3.63) is 0 Å². The van der Waals surface area contributed by atoms with Crippen LogP contribution in [0.3, 0.4) is 0 Å². The van der Waals surface area contributed by atoms with Gasteiger partial charge in [-0.1, -0.05) is 13.3 Å². The Bertz CT molecular complexity index is 300. The molecule has 1 aliphatic carbocycles. The Morgan fingerprint density at radius 2 is 2.00 bits per heavy atom. The molecule has 116 valence electrons. The smallest absolute Gasteiger partial charge is 0.220 e. The van der Waals surface area contributed by atoms with Gasteiger partial charge in [-0.05, 0) is 63.6 Å². The molecule has 0 bridgehead atoms. The van der Waals surface area contributed by atoms with E-state index in [0.29, 0.717) is 18.3 Å². The molecule has 0 spiro atoms. The molecule has 2 aliphatic rings. The Kier molecular flexibility index (Phi) is 6.30. The highest BCUT2D eigenvalue weighted by atomic mass is 16.1. The largest absolute Gasteiger partial charge is 0.356 e. The van der Waals surface area contributed by atoms with Gasteiger partial charge < -0.3 is 16.0 Å². The molecule has 0 unspecified atom stereocenters. The van der Waals surface area contributed by atoms with E-state index in [0.717, 1.165) is 19.4 Å². The number of piperidine rings is 1. The van der Waals surface area contributed by atoms with Gasteiger partial charge in [0.05, 0.1) is 0 Å². The summed E-state index contributed by atoms with van der Waals surface area (Å²) in [4.78, 5) is 14.5. The molecule has 0 aromatic rings. The molecule has 4 heteroatoms. The van der Waals surface area contributed by atoms with Gasteiger partial charge in [0.15, 0.2) is 0 Å². The minimum absolute atomic E-state index is 0.211. The topological polar surface area (TPSA) is 58.4 Å². The van der Waals surface area contributed by atoms with E-state index in [2.05, 4.69) is 17.1 Å². The van der Waals surface area contributed by atoms with Gasteiger partial charge in [-0.3, -0.25) is 4.79 Å². The molecular weight excluding hydrogens is 250 g/mol. The Hall–Kier alpha value is -0.610. The summed E-state index contributed by atoms with van der Waals surface area (Å²) in [5.41, 5.74) is 6.02. The van der Waals surface area contributed by atoms with Crippen molar-refractivity contribution in [2.24, 2.45) is 17.6 Å². The number of carbonyl (C=O) groups excluding carboxylic acids is 1. The third-order valence-corrected chi connectivity index (χ3v) is 5.00. The first-order chi connectivity index (χ1) is 9.69. The third kappa shape index (κ3) is 4.74. The van der Waals surface area contributed by atoms with Crippen LogP contribution in [0.25, 0.3) is 0 Å². The number of carbonyl (C=O) groups is 1. The van der Waals surface area contributed by atoms with E-state index in [9.17, 15) is 4.79 Å². The van der Waals surface area contributed by atoms with E-state index >= 15 is 0 Å². The lowest BCUT2D eigenvalue weighted by molar-refractivity contribution is -0.122. The lowest BCUT2D eigenvalue weighted by Gasteiger charge is -2.31. The molecule has 4 nitrogen and oxygen atoms in total. The first-order valence-corrected chi connectivity index (χ1v) is 8.43. The van der Waals surface area contributed by atoms with Gasteiger partial charge >= 0.3 is 0 Å².